The Kier molecular flexibility index (Phi) is 13.9. The highest BCUT2D eigenvalue weighted by molar-refractivity contribution is 7.99. The average Bonchev–Trinajstić information content (AvgIpc) is 3.64. The second-order valence-electron chi connectivity index (χ2n) is 14.0. The quantitative estimate of drug-likeness (QED) is 0.100. The number of nitrogens with zero attached hydrogens (tertiary/aromatic N) is 3. The highest BCUT2D eigenvalue weighted by Gasteiger charge is 2.34. The molecule has 0 saturated carbocycles. The molecule has 3 amide bonds. The van der Waals surface area contributed by atoms with Crippen molar-refractivity contribution in [2.75, 3.05) is 20.1 Å². The van der Waals surface area contributed by atoms with Gasteiger partial charge in [-0.05, 0) is 104 Å². The number of hydrogen-bond acceptors (Lipinski definition) is 9. The van der Waals surface area contributed by atoms with Crippen LogP contribution in [0, 0.1) is 0 Å². The van der Waals surface area contributed by atoms with Crippen molar-refractivity contribution in [1.29, 1.82) is 0 Å². The minimum absolute atomic E-state index is 0.0819. The molecule has 0 radical (unpaired) electrons. The molecule has 1 aliphatic heterocycles. The Labute approximate surface area is 335 Å². The van der Waals surface area contributed by atoms with Gasteiger partial charge in [-0.2, -0.15) is 0 Å². The molecule has 8 N–H and O–H groups in total. The smallest absolute Gasteiger partial charge is 0.335 e. The molecular formula is C43H48N8O5S. The molecule has 0 aliphatic carbocycles. The van der Waals surface area contributed by atoms with Crippen molar-refractivity contribution < 1.29 is 24.3 Å². The third-order valence-electron chi connectivity index (χ3n) is 10.2. The second-order valence-corrected chi connectivity index (χ2v) is 15.0. The van der Waals surface area contributed by atoms with Crippen molar-refractivity contribution in [2.24, 2.45) is 16.5 Å². The number of nitrogens with two attached hydrogens (primary N) is 2. The van der Waals surface area contributed by atoms with Gasteiger partial charge in [-0.25, -0.2) is 9.78 Å². The molecular weight excluding hydrogens is 741 g/mol. The summed E-state index contributed by atoms with van der Waals surface area (Å²) in [5.41, 5.74) is 16.6. The van der Waals surface area contributed by atoms with Crippen LogP contribution >= 0.6 is 11.8 Å². The average molecular weight is 789 g/mol. The summed E-state index contributed by atoms with van der Waals surface area (Å²) in [6.45, 7) is 0.870. The van der Waals surface area contributed by atoms with E-state index in [1.807, 2.05) is 54.7 Å². The van der Waals surface area contributed by atoms with Crippen molar-refractivity contribution in [3.8, 4) is 11.1 Å². The Balaban J connectivity index is 1.47. The van der Waals surface area contributed by atoms with Crippen LogP contribution in [0.25, 0.3) is 22.0 Å². The number of nitrogens with one attached hydrogen (secondary N) is 3. The van der Waals surface area contributed by atoms with Gasteiger partial charge in [0.05, 0.1) is 5.56 Å². The molecule has 3 heterocycles. The van der Waals surface area contributed by atoms with Gasteiger partial charge in [-0.3, -0.25) is 19.4 Å². The summed E-state index contributed by atoms with van der Waals surface area (Å²) in [5.74, 6) is -2.24. The lowest BCUT2D eigenvalue weighted by Gasteiger charge is -2.31. The van der Waals surface area contributed by atoms with Gasteiger partial charge in [0.2, 0.25) is 17.7 Å². The van der Waals surface area contributed by atoms with E-state index in [9.17, 15) is 24.3 Å². The van der Waals surface area contributed by atoms with Crippen LogP contribution in [0.4, 0.5) is 0 Å². The first kappa shape index (κ1) is 40.8. The molecule has 0 fully saturated rings. The van der Waals surface area contributed by atoms with E-state index < -0.39 is 35.9 Å². The molecule has 3 atom stereocenters. The lowest BCUT2D eigenvalue weighted by Crippen LogP contribution is -2.56. The number of carbonyl (C=O) groups excluding carboxylic acids is 3. The van der Waals surface area contributed by atoms with Crippen molar-refractivity contribution in [3.05, 3.63) is 114 Å². The van der Waals surface area contributed by atoms with Crippen LogP contribution < -0.4 is 22.1 Å². The van der Waals surface area contributed by atoms with Crippen LogP contribution in [0.1, 0.15) is 59.2 Å². The number of fused-ring (bicyclic) bond motifs is 3. The fourth-order valence-corrected chi connectivity index (χ4v) is 7.99. The highest BCUT2D eigenvalue weighted by atomic mass is 32.2. The van der Waals surface area contributed by atoms with Crippen LogP contribution in [0.3, 0.4) is 0 Å². The number of H-pyrrole nitrogens is 1. The summed E-state index contributed by atoms with van der Waals surface area (Å²) in [5, 5.41) is 17.3. The summed E-state index contributed by atoms with van der Waals surface area (Å²) < 4.78 is 0. The third-order valence-corrected chi connectivity index (χ3v) is 11.3. The van der Waals surface area contributed by atoms with E-state index in [1.54, 1.807) is 49.8 Å². The second kappa shape index (κ2) is 19.4. The SMILES string of the molecule is CN1C(=O)[C@H](CCCCN)NC(=O)[C@H](CCCN)N=Cc2cccnc2Sc2cccc(-c3ccc(C(=O)O)cc3)c2CNC(=O)[C@@H]1Cc1c[nH]c2ccccc12. The topological polar surface area (TPSA) is 209 Å². The number of para-hydroxylation sites is 1. The normalized spacial score (nSPS) is 18.1. The summed E-state index contributed by atoms with van der Waals surface area (Å²) in [6, 6.07) is 21.0. The zero-order valence-electron chi connectivity index (χ0n) is 31.8. The van der Waals surface area contributed by atoms with Crippen molar-refractivity contribution in [3.63, 3.8) is 0 Å². The third kappa shape index (κ3) is 9.95. The van der Waals surface area contributed by atoms with Crippen LogP contribution in [0.2, 0.25) is 0 Å². The van der Waals surface area contributed by atoms with Crippen LogP contribution in [0.5, 0.6) is 0 Å². The van der Waals surface area contributed by atoms with Crippen molar-refractivity contribution in [1.82, 2.24) is 25.5 Å². The summed E-state index contributed by atoms with van der Waals surface area (Å²) >= 11 is 1.39. The Morgan fingerprint density at radius 1 is 0.912 bits per heavy atom. The first-order valence-corrected chi connectivity index (χ1v) is 19.9. The number of likely N-dealkylation sites (N-methyl/N-ethyl adjacent to an activating group) is 1. The minimum atomic E-state index is -1.03. The molecule has 5 aromatic rings. The van der Waals surface area contributed by atoms with Gasteiger partial charge < -0.3 is 37.1 Å². The molecule has 0 spiro atoms. The van der Waals surface area contributed by atoms with Crippen molar-refractivity contribution >= 4 is 52.6 Å². The predicted octanol–water partition coefficient (Wildman–Crippen LogP) is 4.92. The van der Waals surface area contributed by atoms with Crippen LogP contribution in [-0.4, -0.2) is 88.1 Å². The van der Waals surface area contributed by atoms with E-state index in [2.05, 4.69) is 20.6 Å². The first-order chi connectivity index (χ1) is 27.7. The fourth-order valence-electron chi connectivity index (χ4n) is 6.98. The molecule has 0 unspecified atom stereocenters. The number of carboxylic acid groups (broad SMARTS) is 1. The summed E-state index contributed by atoms with van der Waals surface area (Å²) in [6.07, 6.45) is 7.82. The number of benzene rings is 3. The number of unbranched alkanes of at least 4 members (excludes halogenated alkanes) is 1. The zero-order valence-corrected chi connectivity index (χ0v) is 32.6. The fraction of sp³-hybridized carbons (Fsp3) is 0.302. The number of hydrogen-bond donors (Lipinski definition) is 6. The number of aromatic amines is 1. The van der Waals surface area contributed by atoms with Gasteiger partial charge in [-0.1, -0.05) is 54.2 Å². The number of aromatic nitrogens is 2. The van der Waals surface area contributed by atoms with E-state index in [0.717, 1.165) is 38.1 Å². The maximum Gasteiger partial charge on any atom is 0.335 e. The van der Waals surface area contributed by atoms with E-state index in [0.29, 0.717) is 55.8 Å². The Bertz CT molecular complexity index is 2240. The molecule has 14 heteroatoms. The lowest BCUT2D eigenvalue weighted by atomic mass is 9.98. The predicted molar refractivity (Wildman–Crippen MR) is 222 cm³/mol. The van der Waals surface area contributed by atoms with Gasteiger partial charge in [-0.15, -0.1) is 0 Å². The van der Waals surface area contributed by atoms with Gasteiger partial charge in [0.1, 0.15) is 23.2 Å². The van der Waals surface area contributed by atoms with Gasteiger partial charge in [0, 0.05) is 60.0 Å². The molecule has 57 heavy (non-hydrogen) atoms. The Hall–Kier alpha value is -5.83. The molecule has 3 aromatic carbocycles. The molecule has 2 aromatic heterocycles. The molecule has 0 bridgehead atoms. The maximum atomic E-state index is 14.6. The summed E-state index contributed by atoms with van der Waals surface area (Å²) in [7, 11) is 1.60. The molecule has 6 rings (SSSR count). The van der Waals surface area contributed by atoms with Crippen LogP contribution in [-0.2, 0) is 27.3 Å². The number of aliphatic imine (C=N–C) groups is 1. The molecule has 13 nitrogen and oxygen atoms in total. The Morgan fingerprint density at radius 3 is 2.47 bits per heavy atom. The Morgan fingerprint density at radius 2 is 1.70 bits per heavy atom. The van der Waals surface area contributed by atoms with E-state index >= 15 is 0 Å². The van der Waals surface area contributed by atoms with Crippen LogP contribution in [0.15, 0.2) is 106 Å². The number of carboxylic acids is 1. The highest BCUT2D eigenvalue weighted by Crippen LogP contribution is 2.36. The summed E-state index contributed by atoms with van der Waals surface area (Å²) in [4.78, 5) is 69.8. The standard InChI is InChI=1S/C43H48N8O5S/c1-51-37(23-30-25-47-34-12-3-2-10-32(30)34)40(53)49-26-33-31(27-16-18-28(19-17-27)43(55)56)11-6-15-38(33)57-41-29(9-8-22-46-41)24-48-35(14-7-21-45)39(52)50-36(42(51)54)13-4-5-20-44/h2-3,6,8-12,15-19,22,24-25,35-37,47H,4-5,7,13-14,20-21,23,26,44-45H2,1H3,(H,49,53)(H,50,52)(H,55,56)/t35-,36-,37-/m0/s1. The lowest BCUT2D eigenvalue weighted by molar-refractivity contribution is -0.142. The number of rotatable bonds is 11. The van der Waals surface area contributed by atoms with E-state index in [4.69, 9.17) is 16.5 Å². The zero-order chi connectivity index (χ0) is 40.3. The first-order valence-electron chi connectivity index (χ1n) is 19.1. The van der Waals surface area contributed by atoms with Gasteiger partial charge >= 0.3 is 5.97 Å². The number of carbonyl (C=O) groups is 4. The molecule has 296 valence electrons. The van der Waals surface area contributed by atoms with E-state index in [1.165, 1.54) is 16.7 Å². The molecule has 0 saturated heterocycles. The molecule has 1 aliphatic rings. The number of amides is 3. The number of pyridine rings is 1. The maximum absolute atomic E-state index is 14.6. The minimum Gasteiger partial charge on any atom is -0.478 e. The number of aromatic carboxylic acids is 1. The van der Waals surface area contributed by atoms with E-state index in [-0.39, 0.29) is 24.4 Å². The van der Waals surface area contributed by atoms with Gasteiger partial charge in [0.25, 0.3) is 0 Å². The van der Waals surface area contributed by atoms with Crippen molar-refractivity contribution in [2.45, 2.75) is 73.1 Å². The van der Waals surface area contributed by atoms with Gasteiger partial charge in [0.15, 0.2) is 0 Å². The largest absolute Gasteiger partial charge is 0.478 e. The monoisotopic (exact) mass is 788 g/mol.